The first kappa shape index (κ1) is 16.0. The van der Waals surface area contributed by atoms with E-state index in [2.05, 4.69) is 17.2 Å². The van der Waals surface area contributed by atoms with Gasteiger partial charge in [0.2, 0.25) is 0 Å². The molecule has 6 heteroatoms. The first-order valence-electron chi connectivity index (χ1n) is 6.88. The first-order chi connectivity index (χ1) is 9.63. The molecule has 0 amide bonds. The van der Waals surface area contributed by atoms with Gasteiger partial charge in [0.15, 0.2) is 0 Å². The van der Waals surface area contributed by atoms with Crippen molar-refractivity contribution < 1.29 is 4.74 Å². The minimum atomic E-state index is 0.0142. The number of likely N-dealkylation sites (N-methyl/N-ethyl adjacent to an activating group) is 1. The highest BCUT2D eigenvalue weighted by atomic mass is 35.5. The van der Waals surface area contributed by atoms with Gasteiger partial charge in [-0.3, -0.25) is 16.2 Å². The topological polar surface area (TPSA) is 50.5 Å². The van der Waals surface area contributed by atoms with Crippen LogP contribution in [-0.4, -0.2) is 43.3 Å². The lowest BCUT2D eigenvalue weighted by Gasteiger charge is -2.36. The van der Waals surface area contributed by atoms with Gasteiger partial charge in [0.1, 0.15) is 0 Å². The van der Waals surface area contributed by atoms with Gasteiger partial charge >= 0.3 is 0 Å². The number of nitrogens with two attached hydrogens (primary N) is 1. The molecule has 0 bridgehead atoms. The Bertz CT molecular complexity index is 444. The molecule has 1 aromatic carbocycles. The number of rotatable bonds is 5. The highest BCUT2D eigenvalue weighted by molar-refractivity contribution is 6.33. The summed E-state index contributed by atoms with van der Waals surface area (Å²) >= 11 is 12.2. The van der Waals surface area contributed by atoms with Crippen molar-refractivity contribution in [2.45, 2.75) is 25.5 Å². The second-order valence-electron chi connectivity index (χ2n) is 5.02. The lowest BCUT2D eigenvalue weighted by Crippen LogP contribution is -2.54. The van der Waals surface area contributed by atoms with E-state index in [1.54, 1.807) is 6.07 Å². The van der Waals surface area contributed by atoms with E-state index >= 15 is 0 Å². The van der Waals surface area contributed by atoms with Gasteiger partial charge in [-0.25, -0.2) is 0 Å². The summed E-state index contributed by atoms with van der Waals surface area (Å²) < 4.78 is 5.85. The van der Waals surface area contributed by atoms with E-state index < -0.39 is 0 Å². The van der Waals surface area contributed by atoms with Crippen LogP contribution in [0.4, 0.5) is 0 Å². The predicted octanol–water partition coefficient (Wildman–Crippen LogP) is 2.09. The van der Waals surface area contributed by atoms with Crippen LogP contribution in [-0.2, 0) is 11.2 Å². The zero-order valence-corrected chi connectivity index (χ0v) is 13.1. The van der Waals surface area contributed by atoms with Crippen LogP contribution in [0.25, 0.3) is 0 Å². The average molecular weight is 318 g/mol. The third-order valence-electron chi connectivity index (χ3n) is 3.74. The normalized spacial score (nSPS) is 21.9. The molecule has 0 aromatic heterocycles. The fourth-order valence-electron chi connectivity index (χ4n) is 2.50. The molecular formula is C14H21Cl2N3O. The van der Waals surface area contributed by atoms with Crippen molar-refractivity contribution in [1.29, 1.82) is 0 Å². The minimum absolute atomic E-state index is 0.0142. The van der Waals surface area contributed by atoms with Crippen LogP contribution < -0.4 is 11.3 Å². The molecule has 4 nitrogen and oxygen atoms in total. The summed E-state index contributed by atoms with van der Waals surface area (Å²) in [5.41, 5.74) is 3.84. The summed E-state index contributed by atoms with van der Waals surface area (Å²) in [6, 6.07) is 5.50. The Kier molecular flexibility index (Phi) is 6.08. The summed E-state index contributed by atoms with van der Waals surface area (Å²) in [4.78, 5) is 2.36. The maximum absolute atomic E-state index is 6.21. The van der Waals surface area contributed by atoms with Gasteiger partial charge < -0.3 is 4.74 Å². The molecule has 1 heterocycles. The number of hydrogen-bond donors (Lipinski definition) is 2. The maximum atomic E-state index is 6.21. The molecule has 0 radical (unpaired) electrons. The van der Waals surface area contributed by atoms with Gasteiger partial charge in [-0.2, -0.15) is 0 Å². The monoisotopic (exact) mass is 317 g/mol. The van der Waals surface area contributed by atoms with Gasteiger partial charge in [0.25, 0.3) is 0 Å². The molecule has 0 aliphatic carbocycles. The molecule has 0 spiro atoms. The molecule has 2 rings (SSSR count). The SMILES string of the molecule is CCN1CCOC(C(Cc2cc(Cl)ccc2Cl)NN)C1. The average Bonchev–Trinajstić information content (AvgIpc) is 2.48. The Labute approximate surface area is 130 Å². The first-order valence-corrected chi connectivity index (χ1v) is 7.63. The van der Waals surface area contributed by atoms with Crippen molar-refractivity contribution in [3.8, 4) is 0 Å². The van der Waals surface area contributed by atoms with Crippen molar-refractivity contribution >= 4 is 23.2 Å². The lowest BCUT2D eigenvalue weighted by molar-refractivity contribution is -0.0447. The van der Waals surface area contributed by atoms with Crippen molar-refractivity contribution in [3.63, 3.8) is 0 Å². The van der Waals surface area contributed by atoms with Crippen LogP contribution in [0, 0.1) is 0 Å². The number of hydrazine groups is 1. The molecule has 2 unspecified atom stereocenters. The standard InChI is InChI=1S/C14H21Cl2N3O/c1-2-19-5-6-20-14(9-19)13(18-17)8-10-7-11(15)3-4-12(10)16/h3-4,7,13-14,18H,2,5-6,8-9,17H2,1H3. The second kappa shape index (κ2) is 7.59. The molecule has 1 aliphatic heterocycles. The van der Waals surface area contributed by atoms with Crippen molar-refractivity contribution in [3.05, 3.63) is 33.8 Å². The summed E-state index contributed by atoms with van der Waals surface area (Å²) in [7, 11) is 0. The Balaban J connectivity index is 2.06. The van der Waals surface area contributed by atoms with Gasteiger partial charge in [0, 0.05) is 23.1 Å². The number of nitrogens with one attached hydrogen (secondary N) is 1. The van der Waals surface area contributed by atoms with Crippen molar-refractivity contribution in [2.75, 3.05) is 26.2 Å². The number of hydrogen-bond acceptors (Lipinski definition) is 4. The van der Waals surface area contributed by atoms with Crippen LogP contribution >= 0.6 is 23.2 Å². The highest BCUT2D eigenvalue weighted by Crippen LogP contribution is 2.23. The van der Waals surface area contributed by atoms with Crippen molar-refractivity contribution in [2.24, 2.45) is 5.84 Å². The maximum Gasteiger partial charge on any atom is 0.0871 e. The zero-order chi connectivity index (χ0) is 14.5. The van der Waals surface area contributed by atoms with E-state index in [0.29, 0.717) is 16.5 Å². The van der Waals surface area contributed by atoms with Crippen molar-refractivity contribution in [1.82, 2.24) is 10.3 Å². The van der Waals surface area contributed by atoms with E-state index in [-0.39, 0.29) is 12.1 Å². The summed E-state index contributed by atoms with van der Waals surface area (Å²) in [5.74, 6) is 5.70. The van der Waals surface area contributed by atoms with Gasteiger partial charge in [-0.05, 0) is 36.7 Å². The molecule has 1 aromatic rings. The lowest BCUT2D eigenvalue weighted by atomic mass is 10.0. The van der Waals surface area contributed by atoms with Gasteiger partial charge in [-0.15, -0.1) is 0 Å². The number of morpholine rings is 1. The van der Waals surface area contributed by atoms with Gasteiger partial charge in [-0.1, -0.05) is 30.1 Å². The highest BCUT2D eigenvalue weighted by Gasteiger charge is 2.27. The Morgan fingerprint density at radius 3 is 3.00 bits per heavy atom. The molecule has 2 atom stereocenters. The number of ether oxygens (including phenoxy) is 1. The molecule has 0 saturated carbocycles. The predicted molar refractivity (Wildman–Crippen MR) is 83.1 cm³/mol. The van der Waals surface area contributed by atoms with E-state index in [4.69, 9.17) is 33.8 Å². The molecule has 112 valence electrons. The summed E-state index contributed by atoms with van der Waals surface area (Å²) in [6.07, 6.45) is 0.752. The third-order valence-corrected chi connectivity index (χ3v) is 4.34. The zero-order valence-electron chi connectivity index (χ0n) is 11.6. The van der Waals surface area contributed by atoms with Crippen LogP contribution in [0.15, 0.2) is 18.2 Å². The summed E-state index contributed by atoms with van der Waals surface area (Å²) in [5, 5.41) is 1.39. The number of benzene rings is 1. The fraction of sp³-hybridized carbons (Fsp3) is 0.571. The smallest absolute Gasteiger partial charge is 0.0871 e. The third kappa shape index (κ3) is 4.07. The Hall–Kier alpha value is -0.360. The fourth-order valence-corrected chi connectivity index (χ4v) is 2.89. The molecule has 1 fully saturated rings. The largest absolute Gasteiger partial charge is 0.374 e. The molecule has 3 N–H and O–H groups in total. The summed E-state index contributed by atoms with van der Waals surface area (Å²) in [6.45, 7) is 5.77. The van der Waals surface area contributed by atoms with Crippen LogP contribution in [0.1, 0.15) is 12.5 Å². The number of halogens is 2. The van der Waals surface area contributed by atoms with Crippen LogP contribution in [0.5, 0.6) is 0 Å². The number of nitrogens with zero attached hydrogens (tertiary/aromatic N) is 1. The Morgan fingerprint density at radius 1 is 1.50 bits per heavy atom. The Morgan fingerprint density at radius 2 is 2.30 bits per heavy atom. The second-order valence-corrected chi connectivity index (χ2v) is 5.86. The molecule has 1 saturated heterocycles. The molecule has 20 heavy (non-hydrogen) atoms. The molecule has 1 aliphatic rings. The van der Waals surface area contributed by atoms with E-state index in [9.17, 15) is 0 Å². The van der Waals surface area contributed by atoms with E-state index in [1.165, 1.54) is 0 Å². The minimum Gasteiger partial charge on any atom is -0.374 e. The van der Waals surface area contributed by atoms with E-state index in [1.807, 2.05) is 12.1 Å². The van der Waals surface area contributed by atoms with Crippen LogP contribution in [0.2, 0.25) is 10.0 Å². The van der Waals surface area contributed by atoms with Crippen LogP contribution in [0.3, 0.4) is 0 Å². The van der Waals surface area contributed by atoms with E-state index in [0.717, 1.165) is 31.8 Å². The molecular weight excluding hydrogens is 297 g/mol. The quantitative estimate of drug-likeness (QED) is 0.645. The van der Waals surface area contributed by atoms with Gasteiger partial charge in [0.05, 0.1) is 18.8 Å².